The fourth-order valence-electron chi connectivity index (χ4n) is 1.94. The van der Waals surface area contributed by atoms with E-state index >= 15 is 0 Å². The Morgan fingerprint density at radius 3 is 2.40 bits per heavy atom. The molecule has 0 fully saturated rings. The summed E-state index contributed by atoms with van der Waals surface area (Å²) in [6.45, 7) is 0.526. The molecule has 0 heterocycles. The predicted octanol–water partition coefficient (Wildman–Crippen LogP) is 4.54. The van der Waals surface area contributed by atoms with Crippen LogP contribution in [0.4, 0.5) is 11.4 Å². The van der Waals surface area contributed by atoms with Crippen molar-refractivity contribution in [3.63, 3.8) is 0 Å². The van der Waals surface area contributed by atoms with Gasteiger partial charge in [-0.15, -0.1) is 0 Å². The predicted molar refractivity (Wildman–Crippen MR) is 81.7 cm³/mol. The van der Waals surface area contributed by atoms with Crippen LogP contribution in [0.5, 0.6) is 0 Å². The summed E-state index contributed by atoms with van der Waals surface area (Å²) >= 11 is 11.7. The summed E-state index contributed by atoms with van der Waals surface area (Å²) in [5, 5.41) is 11.9. The number of rotatable bonds is 4. The maximum atomic E-state index is 11.1. The van der Waals surface area contributed by atoms with Crippen LogP contribution in [0.2, 0.25) is 10.0 Å². The van der Waals surface area contributed by atoms with Crippen molar-refractivity contribution in [1.29, 1.82) is 0 Å². The van der Waals surface area contributed by atoms with Crippen LogP contribution in [-0.2, 0) is 6.54 Å². The molecule has 0 aliphatic rings. The second-order valence-electron chi connectivity index (χ2n) is 4.35. The number of halogens is 2. The lowest BCUT2D eigenvalue weighted by atomic mass is 10.2. The molecule has 0 unspecified atom stereocenters. The zero-order valence-corrected chi connectivity index (χ0v) is 12.2. The molecule has 4 nitrogen and oxygen atoms in total. The van der Waals surface area contributed by atoms with Crippen LogP contribution < -0.4 is 4.90 Å². The molecule has 0 radical (unpaired) electrons. The van der Waals surface area contributed by atoms with Gasteiger partial charge in [0.25, 0.3) is 0 Å². The van der Waals surface area contributed by atoms with E-state index in [1.165, 1.54) is 6.07 Å². The first kappa shape index (κ1) is 14.6. The second-order valence-corrected chi connectivity index (χ2v) is 5.19. The molecule has 0 aromatic heterocycles. The zero-order chi connectivity index (χ0) is 14.7. The molecule has 104 valence electrons. The first-order chi connectivity index (χ1) is 9.49. The minimum Gasteiger partial charge on any atom is -0.365 e. The van der Waals surface area contributed by atoms with E-state index in [2.05, 4.69) is 0 Å². The normalized spacial score (nSPS) is 10.3. The molecule has 0 atom stereocenters. The van der Waals surface area contributed by atoms with Gasteiger partial charge in [0.15, 0.2) is 0 Å². The number of hydrogen-bond acceptors (Lipinski definition) is 3. The van der Waals surface area contributed by atoms with Crippen LogP contribution in [0.1, 0.15) is 5.56 Å². The molecule has 0 spiro atoms. The highest BCUT2D eigenvalue weighted by Gasteiger charge is 2.21. The molecule has 0 saturated heterocycles. The van der Waals surface area contributed by atoms with Gasteiger partial charge in [0.05, 0.1) is 4.92 Å². The smallest absolute Gasteiger partial charge is 0.310 e. The molecule has 2 aromatic carbocycles. The number of nitro benzene ring substituents is 1. The van der Waals surface area contributed by atoms with Gasteiger partial charge in [-0.2, -0.15) is 0 Å². The minimum absolute atomic E-state index is 0.0781. The molecule has 2 rings (SSSR count). The van der Waals surface area contributed by atoms with Gasteiger partial charge in [-0.1, -0.05) is 41.4 Å². The monoisotopic (exact) mass is 310 g/mol. The van der Waals surface area contributed by atoms with Gasteiger partial charge >= 0.3 is 5.69 Å². The van der Waals surface area contributed by atoms with Gasteiger partial charge in [-0.05, 0) is 29.8 Å². The number of nitrogens with zero attached hydrogens (tertiary/aromatic N) is 2. The summed E-state index contributed by atoms with van der Waals surface area (Å²) in [7, 11) is 1.78. The Kier molecular flexibility index (Phi) is 4.47. The van der Waals surface area contributed by atoms with Crippen molar-refractivity contribution in [2.24, 2.45) is 0 Å². The highest BCUT2D eigenvalue weighted by atomic mass is 35.5. The van der Waals surface area contributed by atoms with E-state index in [9.17, 15) is 10.1 Å². The number of benzene rings is 2. The van der Waals surface area contributed by atoms with E-state index in [1.54, 1.807) is 36.2 Å². The summed E-state index contributed by atoms with van der Waals surface area (Å²) in [5.74, 6) is 0. The molecule has 0 bridgehead atoms. The highest BCUT2D eigenvalue weighted by Crippen LogP contribution is 2.34. The van der Waals surface area contributed by atoms with E-state index in [1.807, 2.05) is 12.1 Å². The third-order valence-electron chi connectivity index (χ3n) is 2.89. The first-order valence-electron chi connectivity index (χ1n) is 5.87. The summed E-state index contributed by atoms with van der Waals surface area (Å²) in [6, 6.07) is 12.2. The summed E-state index contributed by atoms with van der Waals surface area (Å²) in [4.78, 5) is 12.4. The molecule has 0 aliphatic carbocycles. The van der Waals surface area contributed by atoms with Gasteiger partial charge in [0.2, 0.25) is 0 Å². The van der Waals surface area contributed by atoms with Crippen molar-refractivity contribution < 1.29 is 4.92 Å². The van der Waals surface area contributed by atoms with Crippen LogP contribution in [0, 0.1) is 10.1 Å². The average Bonchev–Trinajstić information content (AvgIpc) is 2.40. The van der Waals surface area contributed by atoms with Crippen molar-refractivity contribution >= 4 is 34.6 Å². The van der Waals surface area contributed by atoms with Gasteiger partial charge in [-0.3, -0.25) is 10.1 Å². The molecule has 0 aliphatic heterocycles. The van der Waals surface area contributed by atoms with E-state index < -0.39 is 4.92 Å². The summed E-state index contributed by atoms with van der Waals surface area (Å²) in [6.07, 6.45) is 0. The average molecular weight is 311 g/mol. The topological polar surface area (TPSA) is 46.4 Å². The summed E-state index contributed by atoms with van der Waals surface area (Å²) < 4.78 is 0. The van der Waals surface area contributed by atoms with E-state index in [-0.39, 0.29) is 10.7 Å². The van der Waals surface area contributed by atoms with Gasteiger partial charge in [0.1, 0.15) is 10.7 Å². The van der Waals surface area contributed by atoms with Crippen molar-refractivity contribution in [2.45, 2.75) is 6.54 Å². The number of anilines is 1. The van der Waals surface area contributed by atoms with E-state index in [0.29, 0.717) is 17.3 Å². The van der Waals surface area contributed by atoms with E-state index in [4.69, 9.17) is 23.2 Å². The fourth-order valence-corrected chi connectivity index (χ4v) is 2.31. The molecule has 0 amide bonds. The zero-order valence-electron chi connectivity index (χ0n) is 10.7. The molecular weight excluding hydrogens is 299 g/mol. The number of para-hydroxylation sites is 1. The van der Waals surface area contributed by atoms with Gasteiger partial charge < -0.3 is 4.90 Å². The minimum atomic E-state index is -0.462. The molecule has 0 saturated carbocycles. The first-order valence-corrected chi connectivity index (χ1v) is 6.63. The Bertz CT molecular complexity index is 630. The van der Waals surface area contributed by atoms with Crippen LogP contribution in [0.15, 0.2) is 42.5 Å². The largest absolute Gasteiger partial charge is 0.365 e. The Morgan fingerprint density at radius 2 is 1.80 bits per heavy atom. The third-order valence-corrected chi connectivity index (χ3v) is 3.45. The lowest BCUT2D eigenvalue weighted by molar-refractivity contribution is -0.384. The van der Waals surface area contributed by atoms with Crippen molar-refractivity contribution in [2.75, 3.05) is 11.9 Å². The Morgan fingerprint density at radius 1 is 1.15 bits per heavy atom. The Balaban J connectivity index is 2.29. The lowest BCUT2D eigenvalue weighted by Crippen LogP contribution is -2.17. The number of nitro groups is 1. The highest BCUT2D eigenvalue weighted by molar-refractivity contribution is 6.33. The van der Waals surface area contributed by atoms with Crippen LogP contribution in [0.25, 0.3) is 0 Å². The SMILES string of the molecule is CN(Cc1ccc(Cl)cc1)c1cccc(Cl)c1[N+](=O)[O-]. The maximum Gasteiger partial charge on any atom is 0.310 e. The van der Waals surface area contributed by atoms with Gasteiger partial charge in [0, 0.05) is 18.6 Å². The fraction of sp³-hybridized carbons (Fsp3) is 0.143. The lowest BCUT2D eigenvalue weighted by Gasteiger charge is -2.19. The molecule has 6 heteroatoms. The van der Waals surface area contributed by atoms with Crippen molar-refractivity contribution in [3.05, 3.63) is 68.2 Å². The Hall–Kier alpha value is -1.78. The van der Waals surface area contributed by atoms with E-state index in [0.717, 1.165) is 5.56 Å². The second kappa shape index (κ2) is 6.11. The molecule has 2 aromatic rings. The van der Waals surface area contributed by atoms with Crippen LogP contribution in [0.3, 0.4) is 0 Å². The maximum absolute atomic E-state index is 11.1. The quantitative estimate of drug-likeness (QED) is 0.615. The third kappa shape index (κ3) is 3.21. The van der Waals surface area contributed by atoms with Crippen molar-refractivity contribution in [3.8, 4) is 0 Å². The van der Waals surface area contributed by atoms with Crippen molar-refractivity contribution in [1.82, 2.24) is 0 Å². The van der Waals surface area contributed by atoms with Crippen LogP contribution in [-0.4, -0.2) is 12.0 Å². The standard InChI is InChI=1S/C14H12Cl2N2O2/c1-17(9-10-5-7-11(15)8-6-10)13-4-2-3-12(16)14(13)18(19)20/h2-8H,9H2,1H3. The molecule has 20 heavy (non-hydrogen) atoms. The Labute approximate surface area is 126 Å². The van der Waals surface area contributed by atoms with Crippen LogP contribution >= 0.6 is 23.2 Å². The molecular formula is C14H12Cl2N2O2. The molecule has 0 N–H and O–H groups in total. The summed E-state index contributed by atoms with van der Waals surface area (Å²) in [5.41, 5.74) is 1.41. The van der Waals surface area contributed by atoms with Gasteiger partial charge in [-0.25, -0.2) is 0 Å². The number of hydrogen-bond donors (Lipinski definition) is 0.